The van der Waals surface area contributed by atoms with Crippen LogP contribution in [0.3, 0.4) is 0 Å². The largest absolute Gasteiger partial charge is 0.508 e. The Labute approximate surface area is 314 Å². The topological polar surface area (TPSA) is 95.9 Å². The highest BCUT2D eigenvalue weighted by Gasteiger charge is 2.53. The number of anilines is 1. The summed E-state index contributed by atoms with van der Waals surface area (Å²) in [6.45, 7) is 1.59. The van der Waals surface area contributed by atoms with Crippen LogP contribution in [0.1, 0.15) is 69.0 Å². The Morgan fingerprint density at radius 3 is 2.69 bits per heavy atom. The van der Waals surface area contributed by atoms with Crippen LogP contribution in [-0.4, -0.2) is 93.2 Å². The summed E-state index contributed by atoms with van der Waals surface area (Å²) in [7, 11) is 0. The highest BCUT2D eigenvalue weighted by atomic mass is 19.4. The summed E-state index contributed by atoms with van der Waals surface area (Å²) in [6.07, 6.45) is 7.06. The lowest BCUT2D eigenvalue weighted by molar-refractivity contribution is -0.230. The number of halogens is 5. The zero-order chi connectivity index (χ0) is 37.8. The summed E-state index contributed by atoms with van der Waals surface area (Å²) in [4.78, 5) is 19.1. The van der Waals surface area contributed by atoms with E-state index in [1.807, 2.05) is 0 Å². The number of terminal acetylenes is 1. The molecule has 1 saturated carbocycles. The Hall–Kier alpha value is -4.32. The summed E-state index contributed by atoms with van der Waals surface area (Å²) >= 11 is 0. The first-order valence-corrected chi connectivity index (χ1v) is 19.4. The maximum atomic E-state index is 17.3. The minimum absolute atomic E-state index is 0.000973. The molecule has 2 bridgehead atoms. The number of phenols is 1. The van der Waals surface area contributed by atoms with E-state index in [2.05, 4.69) is 21.0 Å². The van der Waals surface area contributed by atoms with Gasteiger partial charge in [-0.3, -0.25) is 4.90 Å². The quantitative estimate of drug-likeness (QED) is 0.149. The minimum Gasteiger partial charge on any atom is -0.508 e. The van der Waals surface area contributed by atoms with Gasteiger partial charge in [-0.1, -0.05) is 12.0 Å². The number of hydrogen-bond donors (Lipinski definition) is 2. The number of phenolic OH excluding ortho intramolecular Hbond substituents is 1. The molecule has 1 unspecified atom stereocenters. The number of piperazine rings is 1. The van der Waals surface area contributed by atoms with E-state index >= 15 is 8.78 Å². The van der Waals surface area contributed by atoms with E-state index in [1.54, 1.807) is 0 Å². The molecule has 9 nitrogen and oxygen atoms in total. The van der Waals surface area contributed by atoms with E-state index in [-0.39, 0.29) is 76.9 Å². The van der Waals surface area contributed by atoms with Gasteiger partial charge >= 0.3 is 12.2 Å². The van der Waals surface area contributed by atoms with Gasteiger partial charge in [-0.25, -0.2) is 13.8 Å². The second-order valence-electron chi connectivity index (χ2n) is 16.4. The molecule has 5 aliphatic heterocycles. The first kappa shape index (κ1) is 35.1. The number of ether oxygens (including phenoxy) is 2. The normalized spacial score (nSPS) is 28.0. The Bertz CT molecular complexity index is 2260. The molecule has 0 amide bonds. The first-order valence-electron chi connectivity index (χ1n) is 19.4. The van der Waals surface area contributed by atoms with Crippen molar-refractivity contribution in [2.75, 3.05) is 31.2 Å². The number of alkyl halides is 3. The Morgan fingerprint density at radius 1 is 1.04 bits per heavy atom. The van der Waals surface area contributed by atoms with Crippen LogP contribution in [0, 0.1) is 29.9 Å². The lowest BCUT2D eigenvalue weighted by Gasteiger charge is -2.41. The van der Waals surface area contributed by atoms with Crippen LogP contribution in [0.2, 0.25) is 0 Å². The summed E-state index contributed by atoms with van der Waals surface area (Å²) in [5.74, 6) is 0.932. The van der Waals surface area contributed by atoms with Crippen LogP contribution in [0.25, 0.3) is 32.9 Å². The van der Waals surface area contributed by atoms with Gasteiger partial charge in [0.25, 0.3) is 0 Å². The van der Waals surface area contributed by atoms with Gasteiger partial charge in [-0.15, -0.1) is 6.42 Å². The molecule has 7 heterocycles. The number of nitrogens with one attached hydrogen (secondary N) is 1. The van der Waals surface area contributed by atoms with Gasteiger partial charge in [0.2, 0.25) is 0 Å². The van der Waals surface area contributed by atoms with Crippen LogP contribution >= 0.6 is 0 Å². The zero-order valence-corrected chi connectivity index (χ0v) is 30.1. The SMILES string of the molecule is C#Cc1c(F)ccc2cc(O)cc(-c3nc4c5c(nc(OC[C@@]67CCCN6[C@H](COC(C6CC6)C(F)(F)F)CC7)nc5c3F)N3C[C@@H]5CC[C@@H](N5)[C@H]3CC4)c12. The molecule has 2 N–H and O–H groups in total. The predicted molar refractivity (Wildman–Crippen MR) is 195 cm³/mol. The van der Waals surface area contributed by atoms with Crippen LogP contribution in [0.4, 0.5) is 27.8 Å². The monoisotopic (exact) mass is 760 g/mol. The Kier molecular flexibility index (Phi) is 8.21. The standard InChI is InChI=1S/C41H41F5N6O3/c1-2-26-28(42)8-6-22-16-25(53)17-27(32(22)26)35-34(43)36-33-30(48-35)10-11-31-29-9-7-23(47-29)18-51(31)38(33)50-39(49-36)55-20-40-13-3-15-52(40)24(12-14-40)19-54-37(21-4-5-21)41(44,45)46/h1,6,8,16-17,21,23-24,29,31,37,47,53H,3-5,7,9-15,18-20H2/t23-,24-,29+,31+,37?,40-/m0/s1. The molecule has 5 fully saturated rings. The molecule has 4 aromatic rings. The maximum Gasteiger partial charge on any atom is 0.414 e. The minimum atomic E-state index is -4.39. The van der Waals surface area contributed by atoms with Gasteiger partial charge in [-0.05, 0) is 100 Å². The lowest BCUT2D eigenvalue weighted by Crippen LogP contribution is -2.58. The van der Waals surface area contributed by atoms with Gasteiger partial charge in [0, 0.05) is 41.7 Å². The summed E-state index contributed by atoms with van der Waals surface area (Å²) in [5.41, 5.74) is 0.150. The van der Waals surface area contributed by atoms with Crippen molar-refractivity contribution in [1.29, 1.82) is 0 Å². The third kappa shape index (κ3) is 5.79. The highest BCUT2D eigenvalue weighted by molar-refractivity contribution is 6.03. The Balaban J connectivity index is 1.04. The molecule has 1 aliphatic carbocycles. The van der Waals surface area contributed by atoms with Crippen LogP contribution in [-0.2, 0) is 11.2 Å². The molecule has 6 atom stereocenters. The average molecular weight is 761 g/mol. The Morgan fingerprint density at radius 2 is 1.89 bits per heavy atom. The zero-order valence-electron chi connectivity index (χ0n) is 30.1. The van der Waals surface area contributed by atoms with E-state index in [4.69, 9.17) is 30.8 Å². The number of aromatic hydroxyl groups is 1. The van der Waals surface area contributed by atoms with Gasteiger partial charge in [0.05, 0.1) is 28.8 Å². The average Bonchev–Trinajstić information content (AvgIpc) is 3.69. The number of hydrogen-bond acceptors (Lipinski definition) is 9. The number of aryl methyl sites for hydroxylation is 1. The second kappa shape index (κ2) is 12.9. The van der Waals surface area contributed by atoms with Crippen molar-refractivity contribution >= 4 is 27.5 Å². The molecule has 55 heavy (non-hydrogen) atoms. The van der Waals surface area contributed by atoms with Crippen LogP contribution < -0.4 is 15.0 Å². The number of pyridine rings is 1. The third-order valence-corrected chi connectivity index (χ3v) is 13.1. The number of aromatic nitrogens is 3. The maximum absolute atomic E-state index is 17.3. The number of benzene rings is 2. The number of nitrogens with zero attached hydrogens (tertiary/aromatic N) is 5. The molecule has 14 heteroatoms. The molecule has 4 saturated heterocycles. The summed E-state index contributed by atoms with van der Waals surface area (Å²) < 4.78 is 85.7. The van der Waals surface area contributed by atoms with Crippen molar-refractivity contribution in [3.8, 4) is 35.4 Å². The van der Waals surface area contributed by atoms with Crippen LogP contribution in [0.5, 0.6) is 11.8 Å². The lowest BCUT2D eigenvalue weighted by atomic mass is 9.95. The molecule has 0 radical (unpaired) electrons. The van der Waals surface area contributed by atoms with E-state index < -0.39 is 35.4 Å². The fraction of sp³-hybridized carbons (Fsp3) is 0.537. The molecule has 10 rings (SSSR count). The van der Waals surface area contributed by atoms with Crippen molar-refractivity contribution in [2.45, 2.75) is 106 Å². The van der Waals surface area contributed by atoms with Crippen molar-refractivity contribution in [2.24, 2.45) is 5.92 Å². The predicted octanol–water partition coefficient (Wildman–Crippen LogP) is 6.80. The van der Waals surface area contributed by atoms with Crippen molar-refractivity contribution < 1.29 is 36.5 Å². The number of rotatable bonds is 8. The van der Waals surface area contributed by atoms with E-state index in [9.17, 15) is 18.3 Å². The molecule has 0 spiro atoms. The second-order valence-corrected chi connectivity index (χ2v) is 16.4. The van der Waals surface area contributed by atoms with E-state index in [0.717, 1.165) is 45.1 Å². The first-order chi connectivity index (χ1) is 26.5. The van der Waals surface area contributed by atoms with Crippen molar-refractivity contribution in [1.82, 2.24) is 25.2 Å². The smallest absolute Gasteiger partial charge is 0.414 e. The molecular formula is C41H41F5N6O3. The molecule has 6 aliphatic rings. The summed E-state index contributed by atoms with van der Waals surface area (Å²) in [6, 6.07) is 5.90. The molecular weight excluding hydrogens is 719 g/mol. The molecule has 2 aromatic carbocycles. The van der Waals surface area contributed by atoms with E-state index in [0.29, 0.717) is 54.5 Å². The van der Waals surface area contributed by atoms with Crippen molar-refractivity contribution in [3.05, 3.63) is 47.2 Å². The van der Waals surface area contributed by atoms with Gasteiger partial charge in [-0.2, -0.15) is 23.1 Å². The molecule has 288 valence electrons. The number of fused-ring (bicyclic) bond motifs is 7. The van der Waals surface area contributed by atoms with E-state index in [1.165, 1.54) is 24.3 Å². The van der Waals surface area contributed by atoms with Crippen molar-refractivity contribution in [3.63, 3.8) is 0 Å². The molecule has 2 aromatic heterocycles. The van der Waals surface area contributed by atoms with Gasteiger partial charge in [0.15, 0.2) is 11.9 Å². The summed E-state index contributed by atoms with van der Waals surface area (Å²) in [5, 5.41) is 15.7. The third-order valence-electron chi connectivity index (χ3n) is 13.1. The fourth-order valence-corrected chi connectivity index (χ4v) is 10.5. The highest BCUT2D eigenvalue weighted by Crippen LogP contribution is 2.47. The van der Waals surface area contributed by atoms with Crippen LogP contribution in [0.15, 0.2) is 24.3 Å². The fourth-order valence-electron chi connectivity index (χ4n) is 10.5. The van der Waals surface area contributed by atoms with Gasteiger partial charge in [0.1, 0.15) is 35.2 Å². The van der Waals surface area contributed by atoms with Gasteiger partial charge < -0.3 is 24.8 Å².